The highest BCUT2D eigenvalue weighted by Gasteiger charge is 2.66. The van der Waals surface area contributed by atoms with Crippen LogP contribution >= 0.6 is 0 Å². The minimum Gasteiger partial charge on any atom is -0.497 e. The predicted octanol–water partition coefficient (Wildman–Crippen LogP) is 8.52. The van der Waals surface area contributed by atoms with Crippen LogP contribution in [0.3, 0.4) is 0 Å². The largest absolute Gasteiger partial charge is 0.497 e. The summed E-state index contributed by atoms with van der Waals surface area (Å²) in [4.78, 5) is 64.8. The van der Waals surface area contributed by atoms with Crippen LogP contribution in [-0.2, 0) is 54.4 Å². The van der Waals surface area contributed by atoms with Crippen LogP contribution in [0.4, 0.5) is 28.4 Å². The Morgan fingerprint density at radius 1 is 0.743 bits per heavy atom. The summed E-state index contributed by atoms with van der Waals surface area (Å²) in [5.41, 5.74) is 5.33. The number of fused-ring (bicyclic) bond motifs is 5. The molecule has 0 aromatic heterocycles. The lowest BCUT2D eigenvalue weighted by Gasteiger charge is -2.40. The predicted molar refractivity (Wildman–Crippen MR) is 264 cm³/mol. The first kappa shape index (κ1) is 45.0. The van der Waals surface area contributed by atoms with E-state index < -0.39 is 35.0 Å². The number of carbonyl (C=O) groups excluding carboxylic acids is 4. The molecule has 0 radical (unpaired) electrons. The molecule has 1 N–H and O–H groups in total. The highest BCUT2D eigenvalue weighted by molar-refractivity contribution is 6.10. The number of amides is 4. The molecule has 6 aromatic carbocycles. The van der Waals surface area contributed by atoms with Gasteiger partial charge in [0.15, 0.2) is 18.8 Å². The fourth-order valence-corrected chi connectivity index (χ4v) is 11.8. The fourth-order valence-electron chi connectivity index (χ4n) is 11.8. The Balaban J connectivity index is 1.01. The molecule has 70 heavy (non-hydrogen) atoms. The van der Waals surface area contributed by atoms with Gasteiger partial charge < -0.3 is 33.9 Å². The summed E-state index contributed by atoms with van der Waals surface area (Å²) in [6, 6.07) is 43.5. The first-order valence-corrected chi connectivity index (χ1v) is 23.9. The van der Waals surface area contributed by atoms with Crippen molar-refractivity contribution in [3.05, 3.63) is 167 Å². The number of para-hydroxylation sites is 4. The van der Waals surface area contributed by atoms with Gasteiger partial charge in [-0.3, -0.25) is 29.0 Å². The average Bonchev–Trinajstić information content (AvgIpc) is 3.81. The molecule has 1 spiro atoms. The topological polar surface area (TPSA) is 138 Å². The Labute approximate surface area is 406 Å². The number of hydrogen-bond acceptors (Lipinski definition) is 9. The fraction of sp³-hybridized carbons (Fsp3) is 0.298. The lowest BCUT2D eigenvalue weighted by Crippen LogP contribution is -2.48. The molecule has 0 saturated carbocycles. The zero-order chi connectivity index (χ0) is 48.5. The number of rotatable bonds is 10. The van der Waals surface area contributed by atoms with Crippen molar-refractivity contribution < 1.29 is 43.2 Å². The van der Waals surface area contributed by atoms with Crippen molar-refractivity contribution >= 4 is 52.1 Å². The van der Waals surface area contributed by atoms with Crippen molar-refractivity contribution in [3.63, 3.8) is 0 Å². The standard InChI is InChI=1S/C57H54N4O9/c1-35-54(56(2,3)39-19-24-43(67-4)25-20-39)50(29-51(63)58-31-38-12-6-5-11-37(38)27-42(58)32-62)70-57(35)44-28-41(61-47-14-8-10-16-49(47)69-34-53(61)65)23-26-45(44)59(55(57)66)30-36-17-21-40(22-18-36)60-46-13-7-9-15-48(46)68-33-52(60)64/h5-26,28,35,42,50,54,62H,27,29-34H2,1-4H3/t35-,42-,50+,54-,57+/m0/s1. The molecule has 13 heteroatoms. The van der Waals surface area contributed by atoms with E-state index >= 15 is 4.79 Å². The van der Waals surface area contributed by atoms with Crippen LogP contribution < -0.4 is 28.9 Å². The van der Waals surface area contributed by atoms with Crippen molar-refractivity contribution in [1.29, 1.82) is 0 Å². The van der Waals surface area contributed by atoms with Crippen molar-refractivity contribution in [2.45, 2.75) is 69.9 Å². The minimum atomic E-state index is -1.60. The lowest BCUT2D eigenvalue weighted by atomic mass is 9.63. The third-order valence-corrected chi connectivity index (χ3v) is 15.3. The van der Waals surface area contributed by atoms with Gasteiger partial charge in [-0.1, -0.05) is 93.6 Å². The van der Waals surface area contributed by atoms with E-state index in [1.54, 1.807) is 26.7 Å². The molecule has 13 nitrogen and oxygen atoms in total. The number of ether oxygens (including phenoxy) is 4. The van der Waals surface area contributed by atoms with Gasteiger partial charge in [-0.05, 0) is 101 Å². The summed E-state index contributed by atoms with van der Waals surface area (Å²) >= 11 is 0. The van der Waals surface area contributed by atoms with Gasteiger partial charge in [0.05, 0.1) is 55.9 Å². The highest BCUT2D eigenvalue weighted by Crippen LogP contribution is 2.61. The van der Waals surface area contributed by atoms with Crippen molar-refractivity contribution in [2.24, 2.45) is 11.8 Å². The van der Waals surface area contributed by atoms with Gasteiger partial charge in [0, 0.05) is 35.3 Å². The van der Waals surface area contributed by atoms with E-state index in [0.29, 0.717) is 64.2 Å². The third kappa shape index (κ3) is 7.29. The van der Waals surface area contributed by atoms with E-state index in [2.05, 4.69) is 13.8 Å². The number of nitrogens with zero attached hydrogens (tertiary/aromatic N) is 4. The van der Waals surface area contributed by atoms with E-state index in [9.17, 15) is 19.5 Å². The zero-order valence-electron chi connectivity index (χ0n) is 39.5. The molecule has 0 bridgehead atoms. The van der Waals surface area contributed by atoms with E-state index in [4.69, 9.17) is 18.9 Å². The molecule has 1 fully saturated rings. The van der Waals surface area contributed by atoms with E-state index in [1.807, 2.05) is 146 Å². The number of hydrogen-bond donors (Lipinski definition) is 1. The molecule has 6 aromatic rings. The zero-order valence-corrected chi connectivity index (χ0v) is 39.5. The maximum atomic E-state index is 16.0. The molecule has 5 aliphatic rings. The van der Waals surface area contributed by atoms with Gasteiger partial charge in [0.25, 0.3) is 17.7 Å². The monoisotopic (exact) mass is 938 g/mol. The van der Waals surface area contributed by atoms with Gasteiger partial charge in [-0.15, -0.1) is 0 Å². The molecule has 356 valence electrons. The Morgan fingerprint density at radius 3 is 1.99 bits per heavy atom. The molecule has 0 aliphatic carbocycles. The minimum absolute atomic E-state index is 0.0442. The summed E-state index contributed by atoms with van der Waals surface area (Å²) in [6.07, 6.45) is -0.289. The van der Waals surface area contributed by atoms with Crippen LogP contribution in [0.2, 0.25) is 0 Å². The van der Waals surface area contributed by atoms with Gasteiger partial charge >= 0.3 is 0 Å². The van der Waals surface area contributed by atoms with Crippen molar-refractivity contribution in [2.75, 3.05) is 41.6 Å². The molecule has 4 amide bonds. The van der Waals surface area contributed by atoms with Gasteiger partial charge in [0.2, 0.25) is 5.91 Å². The van der Waals surface area contributed by atoms with Crippen LogP contribution in [-0.4, -0.2) is 72.7 Å². The Morgan fingerprint density at radius 2 is 1.34 bits per heavy atom. The van der Waals surface area contributed by atoms with Gasteiger partial charge in [-0.25, -0.2) is 0 Å². The number of anilines is 5. The summed E-state index contributed by atoms with van der Waals surface area (Å²) in [6.45, 7) is 6.40. The second-order valence-corrected chi connectivity index (χ2v) is 19.4. The SMILES string of the molecule is COc1ccc(C(C)(C)[C@@H]2[C@@H](CC(=O)N3Cc4ccccc4C[C@H]3CO)O[C@]3(C(=O)N(Cc4ccc(N5C(=O)COc6ccccc65)cc4)c4ccc(N5C(=O)COc6ccccc65)cc43)[C@H]2C)cc1. The van der Waals surface area contributed by atoms with Crippen LogP contribution in [0.15, 0.2) is 140 Å². The molecule has 5 heterocycles. The first-order valence-electron chi connectivity index (χ1n) is 23.9. The summed E-state index contributed by atoms with van der Waals surface area (Å²) in [5, 5.41) is 10.7. The van der Waals surface area contributed by atoms with Crippen LogP contribution in [0, 0.1) is 11.8 Å². The molecular weight excluding hydrogens is 885 g/mol. The number of aliphatic hydroxyl groups is 1. The Kier molecular flexibility index (Phi) is 11.2. The Hall–Kier alpha value is -7.48. The maximum absolute atomic E-state index is 16.0. The molecule has 1 saturated heterocycles. The Bertz CT molecular complexity index is 3050. The quantitative estimate of drug-likeness (QED) is 0.143. The summed E-state index contributed by atoms with van der Waals surface area (Å²) < 4.78 is 24.6. The maximum Gasteiger partial charge on any atom is 0.269 e. The van der Waals surface area contributed by atoms with Crippen LogP contribution in [0.1, 0.15) is 55.0 Å². The van der Waals surface area contributed by atoms with Gasteiger partial charge in [0.1, 0.15) is 17.2 Å². The molecule has 11 rings (SSSR count). The average molecular weight is 939 g/mol. The highest BCUT2D eigenvalue weighted by atomic mass is 16.5. The normalized spacial score (nSPS) is 22.6. The molecular formula is C57H54N4O9. The third-order valence-electron chi connectivity index (χ3n) is 15.3. The van der Waals surface area contributed by atoms with E-state index in [0.717, 1.165) is 22.3 Å². The number of methoxy groups -OCH3 is 1. The van der Waals surface area contributed by atoms with Gasteiger partial charge in [-0.2, -0.15) is 0 Å². The van der Waals surface area contributed by atoms with Crippen LogP contribution in [0.25, 0.3) is 0 Å². The molecule has 0 unspecified atom stereocenters. The van der Waals surface area contributed by atoms with E-state index in [-0.39, 0.29) is 56.4 Å². The summed E-state index contributed by atoms with van der Waals surface area (Å²) in [5.74, 6) is 0.0348. The molecule has 5 atom stereocenters. The van der Waals surface area contributed by atoms with Crippen molar-refractivity contribution in [3.8, 4) is 17.2 Å². The molecule has 5 aliphatic heterocycles. The van der Waals surface area contributed by atoms with Crippen molar-refractivity contribution in [1.82, 2.24) is 4.90 Å². The summed E-state index contributed by atoms with van der Waals surface area (Å²) in [7, 11) is 1.63. The number of aliphatic hydroxyl groups excluding tert-OH is 1. The van der Waals surface area contributed by atoms with Crippen LogP contribution in [0.5, 0.6) is 17.2 Å². The smallest absolute Gasteiger partial charge is 0.269 e. The number of carbonyl (C=O) groups is 4. The number of benzene rings is 6. The first-order chi connectivity index (χ1) is 33.9. The van der Waals surface area contributed by atoms with E-state index in [1.165, 1.54) is 0 Å². The second-order valence-electron chi connectivity index (χ2n) is 19.4. The lowest BCUT2D eigenvalue weighted by molar-refractivity contribution is -0.151. The second kappa shape index (κ2) is 17.5.